The monoisotopic (exact) mass is 349 g/mol. The van der Waals surface area contributed by atoms with E-state index < -0.39 is 0 Å². The molecule has 4 aromatic rings. The summed E-state index contributed by atoms with van der Waals surface area (Å²) in [6, 6.07) is 22.6. The molecule has 0 spiro atoms. The van der Waals surface area contributed by atoms with Crippen molar-refractivity contribution >= 4 is 22.5 Å². The van der Waals surface area contributed by atoms with Crippen LogP contribution in [0, 0.1) is 6.92 Å². The molecule has 1 aliphatic carbocycles. The fourth-order valence-electron chi connectivity index (χ4n) is 3.81. The Morgan fingerprint density at radius 1 is 0.704 bits per heavy atom. The van der Waals surface area contributed by atoms with Crippen molar-refractivity contribution < 1.29 is 9.59 Å². The zero-order chi connectivity index (χ0) is 18.5. The third-order valence-electron chi connectivity index (χ3n) is 5.06. The van der Waals surface area contributed by atoms with E-state index >= 15 is 0 Å². The Kier molecular flexibility index (Phi) is 3.31. The van der Waals surface area contributed by atoms with Crippen LogP contribution >= 0.6 is 0 Å². The maximum Gasteiger partial charge on any atom is 0.212 e. The number of aryl methyl sites for hydroxylation is 1. The molecule has 0 bridgehead atoms. The predicted octanol–water partition coefficient (Wildman–Crippen LogP) is 4.99. The minimum atomic E-state index is -0.195. The highest BCUT2D eigenvalue weighted by Gasteiger charge is 2.34. The first-order valence-electron chi connectivity index (χ1n) is 8.83. The molecule has 0 saturated carbocycles. The Hall–Kier alpha value is -3.59. The van der Waals surface area contributed by atoms with Gasteiger partial charge >= 0.3 is 0 Å². The fraction of sp³-hybridized carbons (Fsp3) is 0.0417. The van der Waals surface area contributed by atoms with E-state index in [0.717, 1.165) is 27.6 Å². The topological polar surface area (TPSA) is 47.0 Å². The van der Waals surface area contributed by atoms with Gasteiger partial charge in [0.15, 0.2) is 5.78 Å². The van der Waals surface area contributed by atoms with Crippen LogP contribution in [0.15, 0.2) is 72.8 Å². The largest absolute Gasteiger partial charge is 0.288 e. The molecule has 0 saturated heterocycles. The van der Waals surface area contributed by atoms with Crippen LogP contribution in [0.5, 0.6) is 0 Å². The van der Waals surface area contributed by atoms with E-state index in [1.165, 1.54) is 0 Å². The summed E-state index contributed by atoms with van der Waals surface area (Å²) in [7, 11) is 0. The molecule has 0 radical (unpaired) electrons. The second kappa shape index (κ2) is 5.71. The van der Waals surface area contributed by atoms with Crippen LogP contribution in [0.3, 0.4) is 0 Å². The average molecular weight is 349 g/mol. The van der Waals surface area contributed by atoms with Crippen LogP contribution in [-0.4, -0.2) is 16.6 Å². The second-order valence-corrected chi connectivity index (χ2v) is 6.80. The zero-order valence-electron chi connectivity index (χ0n) is 14.7. The van der Waals surface area contributed by atoms with Crippen molar-refractivity contribution in [2.45, 2.75) is 6.92 Å². The molecule has 3 nitrogen and oxygen atoms in total. The third kappa shape index (κ3) is 2.25. The number of carbonyl (C=O) groups is 2. The molecular formula is C24H15NO2. The van der Waals surface area contributed by atoms with E-state index in [1.807, 2.05) is 55.5 Å². The van der Waals surface area contributed by atoms with Gasteiger partial charge in [-0.3, -0.25) is 9.59 Å². The van der Waals surface area contributed by atoms with Crippen LogP contribution in [0.1, 0.15) is 37.5 Å². The molecule has 1 aliphatic rings. The number of rotatable bonds is 1. The molecule has 1 heterocycles. The van der Waals surface area contributed by atoms with Crippen LogP contribution in [0.25, 0.3) is 22.0 Å². The van der Waals surface area contributed by atoms with Gasteiger partial charge in [-0.1, -0.05) is 66.2 Å². The lowest BCUT2D eigenvalue weighted by molar-refractivity contribution is 0.0976. The number of pyridine rings is 1. The molecule has 0 N–H and O–H groups in total. The highest BCUT2D eigenvalue weighted by Crippen LogP contribution is 2.38. The Bertz CT molecular complexity index is 1260. The Labute approximate surface area is 156 Å². The molecule has 0 aliphatic heterocycles. The summed E-state index contributed by atoms with van der Waals surface area (Å²) < 4.78 is 0. The number of hydrogen-bond donors (Lipinski definition) is 0. The molecule has 0 fully saturated rings. The minimum absolute atomic E-state index is 0.144. The van der Waals surface area contributed by atoms with Crippen LogP contribution in [-0.2, 0) is 0 Å². The third-order valence-corrected chi connectivity index (χ3v) is 5.06. The molecule has 3 aromatic carbocycles. The van der Waals surface area contributed by atoms with E-state index in [-0.39, 0.29) is 17.3 Å². The molecule has 27 heavy (non-hydrogen) atoms. The van der Waals surface area contributed by atoms with E-state index in [0.29, 0.717) is 16.7 Å². The van der Waals surface area contributed by atoms with E-state index in [1.54, 1.807) is 24.3 Å². The van der Waals surface area contributed by atoms with Gasteiger partial charge in [0, 0.05) is 22.1 Å². The van der Waals surface area contributed by atoms with Gasteiger partial charge in [0.1, 0.15) is 5.69 Å². The highest BCUT2D eigenvalue weighted by atomic mass is 16.1. The highest BCUT2D eigenvalue weighted by molar-refractivity contribution is 6.31. The molecule has 3 heteroatoms. The lowest BCUT2D eigenvalue weighted by Crippen LogP contribution is -2.23. The summed E-state index contributed by atoms with van der Waals surface area (Å²) in [6.45, 7) is 2.01. The maximum absolute atomic E-state index is 13.4. The van der Waals surface area contributed by atoms with Gasteiger partial charge in [-0.25, -0.2) is 4.98 Å². The molecule has 0 atom stereocenters. The number of hydrogen-bond acceptors (Lipinski definition) is 3. The van der Waals surface area contributed by atoms with Crippen molar-refractivity contribution in [3.8, 4) is 11.1 Å². The average Bonchev–Trinajstić information content (AvgIpc) is 2.71. The summed E-state index contributed by atoms with van der Waals surface area (Å²) in [5, 5.41) is 0.889. The van der Waals surface area contributed by atoms with Gasteiger partial charge in [0.25, 0.3) is 0 Å². The van der Waals surface area contributed by atoms with Gasteiger partial charge in [-0.15, -0.1) is 0 Å². The van der Waals surface area contributed by atoms with Gasteiger partial charge in [-0.05, 0) is 24.6 Å². The number of benzene rings is 3. The maximum atomic E-state index is 13.4. The first kappa shape index (κ1) is 15.6. The predicted molar refractivity (Wildman–Crippen MR) is 105 cm³/mol. The van der Waals surface area contributed by atoms with Gasteiger partial charge in [0.2, 0.25) is 5.78 Å². The smallest absolute Gasteiger partial charge is 0.212 e. The quantitative estimate of drug-likeness (QED) is 0.428. The molecule has 0 amide bonds. The van der Waals surface area contributed by atoms with Crippen molar-refractivity contribution in [3.63, 3.8) is 0 Å². The first-order chi connectivity index (χ1) is 13.1. The summed E-state index contributed by atoms with van der Waals surface area (Å²) in [4.78, 5) is 31.1. The number of aromatic nitrogens is 1. The number of carbonyl (C=O) groups excluding carboxylic acids is 2. The first-order valence-corrected chi connectivity index (χ1v) is 8.83. The van der Waals surface area contributed by atoms with Crippen molar-refractivity contribution in [2.24, 2.45) is 0 Å². The summed E-state index contributed by atoms with van der Waals surface area (Å²) >= 11 is 0. The van der Waals surface area contributed by atoms with Crippen LogP contribution < -0.4 is 0 Å². The van der Waals surface area contributed by atoms with Crippen LogP contribution in [0.4, 0.5) is 0 Å². The lowest BCUT2D eigenvalue weighted by Gasteiger charge is -2.21. The Morgan fingerprint density at radius 2 is 1.37 bits per heavy atom. The zero-order valence-corrected chi connectivity index (χ0v) is 14.7. The van der Waals surface area contributed by atoms with Crippen molar-refractivity contribution in [1.82, 2.24) is 4.98 Å². The fourth-order valence-corrected chi connectivity index (χ4v) is 3.81. The Morgan fingerprint density at radius 3 is 2.11 bits per heavy atom. The molecule has 1 aromatic heterocycles. The summed E-state index contributed by atoms with van der Waals surface area (Å²) in [5.41, 5.74) is 5.01. The minimum Gasteiger partial charge on any atom is -0.288 e. The summed E-state index contributed by atoms with van der Waals surface area (Å²) in [5.74, 6) is -0.338. The van der Waals surface area contributed by atoms with Gasteiger partial charge in [0.05, 0.1) is 11.1 Å². The molecule has 128 valence electrons. The Balaban J connectivity index is 1.96. The van der Waals surface area contributed by atoms with E-state index in [4.69, 9.17) is 0 Å². The molecule has 5 rings (SSSR count). The van der Waals surface area contributed by atoms with Gasteiger partial charge in [-0.2, -0.15) is 0 Å². The van der Waals surface area contributed by atoms with Crippen molar-refractivity contribution in [1.29, 1.82) is 0 Å². The molecule has 0 unspecified atom stereocenters. The normalized spacial score (nSPS) is 12.8. The van der Waals surface area contributed by atoms with E-state index in [9.17, 15) is 9.59 Å². The van der Waals surface area contributed by atoms with E-state index in [2.05, 4.69) is 4.98 Å². The summed E-state index contributed by atoms with van der Waals surface area (Å²) in [6.07, 6.45) is 0. The second-order valence-electron chi connectivity index (χ2n) is 6.80. The molecular weight excluding hydrogens is 334 g/mol. The lowest BCUT2D eigenvalue weighted by atomic mass is 9.81. The van der Waals surface area contributed by atoms with Crippen molar-refractivity contribution in [3.05, 3.63) is 101 Å². The number of fused-ring (bicyclic) bond motifs is 3. The number of nitrogens with zero attached hydrogens (tertiary/aromatic N) is 1. The standard InChI is InChI=1S/C24H15NO2/c1-14-11-12-19-18(13-14)20(15-7-3-2-4-8-15)21-22(25-19)24(27)17-10-6-5-9-16(17)23(21)26/h2-13H,1H3. The van der Waals surface area contributed by atoms with Gasteiger partial charge < -0.3 is 0 Å². The van der Waals surface area contributed by atoms with Crippen LogP contribution in [0.2, 0.25) is 0 Å². The number of ketones is 2. The SMILES string of the molecule is Cc1ccc2nc3c(c(-c4ccccc4)c2c1)C(=O)c1ccccc1C3=O. The van der Waals surface area contributed by atoms with Crippen molar-refractivity contribution in [2.75, 3.05) is 0 Å².